The molecule has 0 aliphatic carbocycles. The van der Waals surface area contributed by atoms with E-state index in [-0.39, 0.29) is 5.69 Å². The molecule has 0 aliphatic rings. The number of anilines is 3. The summed E-state index contributed by atoms with van der Waals surface area (Å²) in [4.78, 5) is 17.9. The van der Waals surface area contributed by atoms with Crippen LogP contribution >= 0.6 is 0 Å². The maximum atomic E-state index is 13.4. The molecule has 154 valence electrons. The van der Waals surface area contributed by atoms with Gasteiger partial charge in [-0.2, -0.15) is 13.2 Å². The number of carbonyl (C=O) groups excluding carboxylic acids is 1. The minimum absolute atomic E-state index is 0.316. The van der Waals surface area contributed by atoms with Gasteiger partial charge in [-0.05, 0) is 54.7 Å². The second-order valence-corrected chi connectivity index (χ2v) is 5.85. The van der Waals surface area contributed by atoms with Crippen LogP contribution in [0.25, 0.3) is 0 Å². The van der Waals surface area contributed by atoms with Crippen molar-refractivity contribution in [2.45, 2.75) is 6.18 Å². The number of amides is 2. The number of amidine groups is 1. The number of benzene rings is 2. The molecule has 2 aromatic rings. The number of hydrogen-bond acceptors (Lipinski definition) is 3. The van der Waals surface area contributed by atoms with E-state index in [0.717, 1.165) is 11.8 Å². The fraction of sp³-hybridized carbons (Fsp3) is 0.158. The Morgan fingerprint density at radius 1 is 1.10 bits per heavy atom. The van der Waals surface area contributed by atoms with E-state index in [1.807, 2.05) is 0 Å². The fourth-order valence-electron chi connectivity index (χ4n) is 2.44. The van der Waals surface area contributed by atoms with Crippen molar-refractivity contribution in [1.29, 1.82) is 0 Å². The van der Waals surface area contributed by atoms with E-state index in [2.05, 4.69) is 15.6 Å². The van der Waals surface area contributed by atoms with Crippen LogP contribution in [-0.2, 0) is 6.18 Å². The standard InChI is InChI=1S/C19H19F4N5O/c1-25-17(7-8-24)28(2)16-5-3-14(4-6-16)26-18(29)27-15-10-12(19(21,22)23)9-13(20)11-15/h3-11H,24H2,1-2H3,(H2,26,27,29)/b8-7-,25-17?. The van der Waals surface area contributed by atoms with Crippen molar-refractivity contribution in [2.24, 2.45) is 10.7 Å². The molecule has 0 aromatic heterocycles. The molecule has 0 unspecified atom stereocenters. The third-order valence-electron chi connectivity index (χ3n) is 3.81. The number of urea groups is 1. The summed E-state index contributed by atoms with van der Waals surface area (Å²) >= 11 is 0. The maximum absolute atomic E-state index is 13.4. The average molecular weight is 409 g/mol. The van der Waals surface area contributed by atoms with Crippen LogP contribution in [0.3, 0.4) is 0 Å². The van der Waals surface area contributed by atoms with E-state index in [1.54, 1.807) is 49.3 Å². The highest BCUT2D eigenvalue weighted by molar-refractivity contribution is 6.05. The van der Waals surface area contributed by atoms with Crippen molar-refractivity contribution < 1.29 is 22.4 Å². The smallest absolute Gasteiger partial charge is 0.404 e. The molecule has 0 spiro atoms. The first-order valence-electron chi connectivity index (χ1n) is 8.28. The van der Waals surface area contributed by atoms with Gasteiger partial charge in [0.1, 0.15) is 11.7 Å². The van der Waals surface area contributed by atoms with Gasteiger partial charge in [-0.15, -0.1) is 0 Å². The van der Waals surface area contributed by atoms with Crippen LogP contribution in [0.2, 0.25) is 0 Å². The van der Waals surface area contributed by atoms with Gasteiger partial charge in [0.15, 0.2) is 0 Å². The molecule has 2 amide bonds. The topological polar surface area (TPSA) is 82.8 Å². The quantitative estimate of drug-likeness (QED) is 0.397. The second-order valence-electron chi connectivity index (χ2n) is 5.85. The lowest BCUT2D eigenvalue weighted by molar-refractivity contribution is -0.137. The SMILES string of the molecule is CN=C(/C=C\N)N(C)c1ccc(NC(=O)Nc2cc(F)cc(C(F)(F)F)c2)cc1. The van der Waals surface area contributed by atoms with Gasteiger partial charge >= 0.3 is 12.2 Å². The summed E-state index contributed by atoms with van der Waals surface area (Å²) in [5.41, 5.74) is 5.01. The molecule has 29 heavy (non-hydrogen) atoms. The van der Waals surface area contributed by atoms with E-state index < -0.39 is 23.6 Å². The zero-order chi connectivity index (χ0) is 21.6. The van der Waals surface area contributed by atoms with Crippen LogP contribution < -0.4 is 21.3 Å². The number of halogens is 4. The molecule has 0 radical (unpaired) electrons. The van der Waals surface area contributed by atoms with Crippen LogP contribution in [0.1, 0.15) is 5.56 Å². The number of nitrogens with two attached hydrogens (primary N) is 1. The number of nitrogens with zero attached hydrogens (tertiary/aromatic N) is 2. The Balaban J connectivity index is 2.08. The van der Waals surface area contributed by atoms with Gasteiger partial charge in [0, 0.05) is 31.2 Å². The van der Waals surface area contributed by atoms with Gasteiger partial charge in [-0.25, -0.2) is 9.18 Å². The number of alkyl halides is 3. The van der Waals surface area contributed by atoms with Crippen molar-refractivity contribution in [3.63, 3.8) is 0 Å². The van der Waals surface area contributed by atoms with Crippen LogP contribution in [0.4, 0.5) is 39.4 Å². The Bertz CT molecular complexity index is 923. The van der Waals surface area contributed by atoms with Gasteiger partial charge < -0.3 is 21.3 Å². The molecule has 0 saturated heterocycles. The van der Waals surface area contributed by atoms with E-state index in [0.29, 0.717) is 23.7 Å². The van der Waals surface area contributed by atoms with Crippen molar-refractivity contribution >= 4 is 28.9 Å². The van der Waals surface area contributed by atoms with Gasteiger partial charge in [0.05, 0.1) is 5.56 Å². The predicted octanol–water partition coefficient (Wildman–Crippen LogP) is 4.43. The maximum Gasteiger partial charge on any atom is 0.416 e. The second kappa shape index (κ2) is 9.09. The summed E-state index contributed by atoms with van der Waals surface area (Å²) in [6.07, 6.45) is -1.75. The third kappa shape index (κ3) is 5.96. The largest absolute Gasteiger partial charge is 0.416 e. The van der Waals surface area contributed by atoms with Crippen molar-refractivity contribution in [3.05, 3.63) is 66.1 Å². The Morgan fingerprint density at radius 3 is 2.28 bits per heavy atom. The van der Waals surface area contributed by atoms with Crippen LogP contribution in [-0.4, -0.2) is 26.0 Å². The molecule has 0 saturated carbocycles. The summed E-state index contributed by atoms with van der Waals surface area (Å²) in [6.45, 7) is 0. The number of likely N-dealkylation sites (N-methyl/N-ethyl adjacent to an activating group) is 1. The van der Waals surface area contributed by atoms with Crippen LogP contribution in [0.15, 0.2) is 59.7 Å². The van der Waals surface area contributed by atoms with Gasteiger partial charge in [-0.3, -0.25) is 4.99 Å². The molecule has 2 rings (SSSR count). The lowest BCUT2D eigenvalue weighted by Crippen LogP contribution is -2.24. The van der Waals surface area contributed by atoms with E-state index >= 15 is 0 Å². The molecule has 2 aromatic carbocycles. The zero-order valence-electron chi connectivity index (χ0n) is 15.6. The number of nitrogens with one attached hydrogen (secondary N) is 2. The monoisotopic (exact) mass is 409 g/mol. The summed E-state index contributed by atoms with van der Waals surface area (Å²) in [7, 11) is 3.39. The first-order valence-corrected chi connectivity index (χ1v) is 8.28. The Morgan fingerprint density at radius 2 is 1.72 bits per heavy atom. The first kappa shape index (κ1) is 21.7. The average Bonchev–Trinajstić information content (AvgIpc) is 2.65. The fourth-order valence-corrected chi connectivity index (χ4v) is 2.44. The normalized spacial score (nSPS) is 12.1. The molecule has 0 fully saturated rings. The van der Waals surface area contributed by atoms with E-state index in [9.17, 15) is 22.4 Å². The van der Waals surface area contributed by atoms with Crippen LogP contribution in [0, 0.1) is 5.82 Å². The molecule has 0 atom stereocenters. The minimum atomic E-state index is -4.73. The highest BCUT2D eigenvalue weighted by atomic mass is 19.4. The van der Waals surface area contributed by atoms with Gasteiger partial charge in [0.2, 0.25) is 0 Å². The lowest BCUT2D eigenvalue weighted by atomic mass is 10.2. The zero-order valence-corrected chi connectivity index (χ0v) is 15.6. The van der Waals surface area contributed by atoms with Crippen molar-refractivity contribution in [3.8, 4) is 0 Å². The summed E-state index contributed by atoms with van der Waals surface area (Å²) in [5, 5.41) is 4.65. The Labute approximate surface area is 164 Å². The van der Waals surface area contributed by atoms with Crippen LogP contribution in [0.5, 0.6) is 0 Å². The first-order chi connectivity index (χ1) is 13.6. The Kier molecular flexibility index (Phi) is 6.81. The van der Waals surface area contributed by atoms with E-state index in [1.165, 1.54) is 6.20 Å². The molecule has 0 bridgehead atoms. The predicted molar refractivity (Wildman–Crippen MR) is 106 cm³/mol. The lowest BCUT2D eigenvalue weighted by Gasteiger charge is -2.19. The number of hydrogen-bond donors (Lipinski definition) is 3. The third-order valence-corrected chi connectivity index (χ3v) is 3.81. The van der Waals surface area contributed by atoms with Crippen molar-refractivity contribution in [1.82, 2.24) is 0 Å². The van der Waals surface area contributed by atoms with E-state index in [4.69, 9.17) is 5.73 Å². The molecule has 0 aliphatic heterocycles. The summed E-state index contributed by atoms with van der Waals surface area (Å²) in [5.74, 6) is -0.500. The van der Waals surface area contributed by atoms with Crippen molar-refractivity contribution in [2.75, 3.05) is 29.6 Å². The molecule has 6 nitrogen and oxygen atoms in total. The molecule has 4 N–H and O–H groups in total. The molecule has 0 heterocycles. The Hall–Kier alpha value is -3.56. The highest BCUT2D eigenvalue weighted by Gasteiger charge is 2.31. The summed E-state index contributed by atoms with van der Waals surface area (Å²) < 4.78 is 51.6. The van der Waals surface area contributed by atoms with Gasteiger partial charge in [0.25, 0.3) is 0 Å². The number of carbonyl (C=O) groups is 1. The summed E-state index contributed by atoms with van der Waals surface area (Å²) in [6, 6.07) is 7.58. The van der Waals surface area contributed by atoms with Gasteiger partial charge in [-0.1, -0.05) is 0 Å². The molecular weight excluding hydrogens is 390 g/mol. The minimum Gasteiger partial charge on any atom is -0.404 e. The number of rotatable bonds is 4. The number of aliphatic imine (C=N–C) groups is 1. The highest BCUT2D eigenvalue weighted by Crippen LogP contribution is 2.31. The molecular formula is C19H19F4N5O. The molecule has 10 heteroatoms.